The Labute approximate surface area is 94.1 Å². The summed E-state index contributed by atoms with van der Waals surface area (Å²) in [6, 6.07) is 8.53. The second-order valence-corrected chi connectivity index (χ2v) is 1.22. The third kappa shape index (κ3) is 10.4. The molecule has 0 atom stereocenters. The van der Waals surface area contributed by atoms with Crippen molar-refractivity contribution in [1.82, 2.24) is 0 Å². The summed E-state index contributed by atoms with van der Waals surface area (Å²) in [6.07, 6.45) is 0. The maximum Gasteiger partial charge on any atom is 2.00 e. The van der Waals surface area contributed by atoms with Gasteiger partial charge in [-0.25, -0.2) is 0 Å². The maximum absolute atomic E-state index is 11.9. The van der Waals surface area contributed by atoms with Gasteiger partial charge in [0.25, 0.3) is 0 Å². The largest absolute Gasteiger partial charge is 2.00 e. The standard InChI is InChI=1S/C6H4F.C2H5.BrH.Mg/c7-6-4-2-1-3-5-6;1-2;;/h1-2,4-5H;1H2,2H3;1H;/q2*-1;;+2. The van der Waals surface area contributed by atoms with Crippen molar-refractivity contribution in [2.45, 2.75) is 6.92 Å². The van der Waals surface area contributed by atoms with Crippen LogP contribution in [0.25, 0.3) is 0 Å². The van der Waals surface area contributed by atoms with Gasteiger partial charge >= 0.3 is 23.1 Å². The molecule has 0 N–H and O–H groups in total. The first kappa shape index (κ1) is 17.5. The summed E-state index contributed by atoms with van der Waals surface area (Å²) in [4.78, 5) is 0. The molecular weight excluding hydrogens is 219 g/mol. The molecule has 0 saturated carbocycles. The predicted octanol–water partition coefficient (Wildman–Crippen LogP) is 2.66. The molecule has 1 rings (SSSR count). The van der Waals surface area contributed by atoms with Gasteiger partial charge in [0.15, 0.2) is 0 Å². The molecule has 0 spiro atoms. The fourth-order valence-electron chi connectivity index (χ4n) is 0.371. The van der Waals surface area contributed by atoms with Crippen molar-refractivity contribution in [2.75, 3.05) is 0 Å². The molecule has 0 aliphatic rings. The van der Waals surface area contributed by atoms with Crippen molar-refractivity contribution in [3.63, 3.8) is 0 Å². The molecule has 0 unspecified atom stereocenters. The third-order valence-corrected chi connectivity index (χ3v) is 0.669. The third-order valence-electron chi connectivity index (χ3n) is 0.669. The first-order valence-corrected chi connectivity index (χ1v) is 2.72. The average Bonchev–Trinajstić information content (AvgIpc) is 1.94. The Balaban J connectivity index is -0.000000149. The number of hydrogen-bond acceptors (Lipinski definition) is 0. The predicted molar refractivity (Wildman–Crippen MR) is 52.3 cm³/mol. The van der Waals surface area contributed by atoms with Crippen LogP contribution in [0.2, 0.25) is 0 Å². The molecule has 0 heterocycles. The first-order chi connectivity index (χ1) is 4.39. The van der Waals surface area contributed by atoms with Crippen LogP contribution in [-0.4, -0.2) is 23.1 Å². The normalized spacial score (nSPS) is 6.09. The van der Waals surface area contributed by atoms with Crippen LogP contribution in [0, 0.1) is 18.8 Å². The Hall–Kier alpha value is 0.396. The van der Waals surface area contributed by atoms with Crippen LogP contribution in [-0.2, 0) is 0 Å². The zero-order valence-corrected chi connectivity index (χ0v) is 9.64. The number of rotatable bonds is 0. The van der Waals surface area contributed by atoms with E-state index in [0.29, 0.717) is 0 Å². The summed E-state index contributed by atoms with van der Waals surface area (Å²) in [6.45, 7) is 5.00. The van der Waals surface area contributed by atoms with Crippen molar-refractivity contribution in [1.29, 1.82) is 0 Å². The van der Waals surface area contributed by atoms with Crippen LogP contribution >= 0.6 is 17.0 Å². The van der Waals surface area contributed by atoms with E-state index in [1.165, 1.54) is 12.1 Å². The van der Waals surface area contributed by atoms with Crippen LogP contribution in [0.4, 0.5) is 4.39 Å². The average molecular weight is 229 g/mol. The van der Waals surface area contributed by atoms with Gasteiger partial charge in [-0.2, -0.15) is 25.1 Å². The fraction of sp³-hybridized carbons (Fsp3) is 0.125. The van der Waals surface area contributed by atoms with Crippen molar-refractivity contribution < 1.29 is 4.39 Å². The molecule has 0 aromatic heterocycles. The topological polar surface area (TPSA) is 0 Å². The summed E-state index contributed by atoms with van der Waals surface area (Å²) in [5.41, 5.74) is 0. The summed E-state index contributed by atoms with van der Waals surface area (Å²) < 4.78 is 11.9. The number of hydrogen-bond donors (Lipinski definition) is 0. The van der Waals surface area contributed by atoms with Gasteiger partial charge in [0, 0.05) is 5.82 Å². The van der Waals surface area contributed by atoms with Crippen molar-refractivity contribution in [3.8, 4) is 0 Å². The second-order valence-electron chi connectivity index (χ2n) is 1.22. The Bertz CT molecular complexity index is 144. The summed E-state index contributed by atoms with van der Waals surface area (Å²) in [5, 5.41) is 0. The van der Waals surface area contributed by atoms with E-state index in [-0.39, 0.29) is 45.9 Å². The van der Waals surface area contributed by atoms with Gasteiger partial charge in [-0.1, -0.05) is 0 Å². The van der Waals surface area contributed by atoms with Crippen molar-refractivity contribution >= 4 is 40.0 Å². The number of benzene rings is 1. The monoisotopic (exact) mass is 228 g/mol. The van der Waals surface area contributed by atoms with E-state index >= 15 is 0 Å². The van der Waals surface area contributed by atoms with E-state index in [2.05, 4.69) is 13.0 Å². The van der Waals surface area contributed by atoms with Gasteiger partial charge in [0.2, 0.25) is 0 Å². The zero-order chi connectivity index (χ0) is 7.11. The summed E-state index contributed by atoms with van der Waals surface area (Å²) in [7, 11) is 0. The maximum atomic E-state index is 11.9. The molecule has 11 heavy (non-hydrogen) atoms. The first-order valence-electron chi connectivity index (χ1n) is 2.72. The van der Waals surface area contributed by atoms with Gasteiger partial charge < -0.3 is 6.92 Å². The molecule has 1 aromatic carbocycles. The SMILES string of the molecule is Br.Fc1c[c-]ccc1.[CH2-]C.[Mg+2]. The molecule has 3 heteroatoms. The van der Waals surface area contributed by atoms with E-state index < -0.39 is 0 Å². The van der Waals surface area contributed by atoms with Gasteiger partial charge in [0.05, 0.1) is 0 Å². The molecule has 0 bridgehead atoms. The minimum absolute atomic E-state index is 0. The second kappa shape index (κ2) is 13.0. The molecule has 0 radical (unpaired) electrons. The van der Waals surface area contributed by atoms with E-state index in [0.717, 1.165) is 0 Å². The van der Waals surface area contributed by atoms with Gasteiger partial charge in [-0.15, -0.1) is 29.1 Å². The van der Waals surface area contributed by atoms with Crippen LogP contribution in [0.3, 0.4) is 0 Å². The van der Waals surface area contributed by atoms with Gasteiger partial charge in [-0.05, 0) is 0 Å². The summed E-state index contributed by atoms with van der Waals surface area (Å²) in [5.74, 6) is -0.234. The summed E-state index contributed by atoms with van der Waals surface area (Å²) >= 11 is 0. The van der Waals surface area contributed by atoms with E-state index in [1.807, 2.05) is 0 Å². The molecule has 0 fully saturated rings. The molecule has 58 valence electrons. The molecule has 0 nitrogen and oxygen atoms in total. The molecular formula is C8H10BrFMg. The van der Waals surface area contributed by atoms with Crippen LogP contribution < -0.4 is 0 Å². The van der Waals surface area contributed by atoms with Crippen LogP contribution in [0.15, 0.2) is 24.3 Å². The van der Waals surface area contributed by atoms with E-state index in [4.69, 9.17) is 0 Å². The Morgan fingerprint density at radius 2 is 2.00 bits per heavy atom. The van der Waals surface area contributed by atoms with E-state index in [9.17, 15) is 4.39 Å². The molecule has 0 amide bonds. The van der Waals surface area contributed by atoms with Crippen LogP contribution in [0.5, 0.6) is 0 Å². The Morgan fingerprint density at radius 1 is 1.45 bits per heavy atom. The van der Waals surface area contributed by atoms with E-state index in [1.54, 1.807) is 19.1 Å². The molecule has 0 aliphatic carbocycles. The van der Waals surface area contributed by atoms with Crippen LogP contribution in [0.1, 0.15) is 6.92 Å². The number of halogens is 2. The zero-order valence-electron chi connectivity index (χ0n) is 6.51. The van der Waals surface area contributed by atoms with Gasteiger partial charge in [0.1, 0.15) is 0 Å². The fourth-order valence-corrected chi connectivity index (χ4v) is 0.371. The Morgan fingerprint density at radius 3 is 2.18 bits per heavy atom. The molecule has 0 aliphatic heterocycles. The molecule has 0 saturated heterocycles. The quantitative estimate of drug-likeness (QED) is 0.474. The van der Waals surface area contributed by atoms with Crippen molar-refractivity contribution in [3.05, 3.63) is 43.1 Å². The minimum atomic E-state index is -0.234. The van der Waals surface area contributed by atoms with Gasteiger partial charge in [-0.3, -0.25) is 4.39 Å². The Kier molecular flexibility index (Phi) is 20.7. The smallest absolute Gasteiger partial charge is 0.346 e. The minimum Gasteiger partial charge on any atom is -0.346 e. The van der Waals surface area contributed by atoms with Crippen molar-refractivity contribution in [2.24, 2.45) is 0 Å². The molecule has 1 aromatic rings.